The van der Waals surface area contributed by atoms with Crippen molar-refractivity contribution < 1.29 is 8.42 Å². The van der Waals surface area contributed by atoms with Crippen molar-refractivity contribution in [2.24, 2.45) is 0 Å². The molecule has 0 bridgehead atoms. The molecule has 0 saturated carbocycles. The Morgan fingerprint density at radius 3 is 2.21 bits per heavy atom. The maximum absolute atomic E-state index is 13.2. The molecule has 0 atom stereocenters. The topological polar surface area (TPSA) is 64.0 Å². The Bertz CT molecular complexity index is 1260. The van der Waals surface area contributed by atoms with Crippen LogP contribution in [0.2, 0.25) is 10.0 Å². The van der Waals surface area contributed by atoms with Gasteiger partial charge in [0.15, 0.2) is 0 Å². The number of halogens is 2. The van der Waals surface area contributed by atoms with E-state index in [9.17, 15) is 8.42 Å². The van der Waals surface area contributed by atoms with Crippen LogP contribution in [0.15, 0.2) is 90.0 Å². The van der Waals surface area contributed by atoms with E-state index in [1.165, 1.54) is 23.0 Å². The highest BCUT2D eigenvalue weighted by Gasteiger charge is 2.25. The zero-order chi connectivity index (χ0) is 20.4. The van der Waals surface area contributed by atoms with Crippen LogP contribution in [0.1, 0.15) is 0 Å². The van der Waals surface area contributed by atoms with Crippen LogP contribution in [0.25, 0.3) is 16.9 Å². The average molecular weight is 444 g/mol. The molecular weight excluding hydrogens is 429 g/mol. The monoisotopic (exact) mass is 443 g/mol. The maximum Gasteiger partial charge on any atom is 0.265 e. The van der Waals surface area contributed by atoms with Gasteiger partial charge in [0, 0.05) is 10.6 Å². The first-order chi connectivity index (χ1) is 13.9. The minimum absolute atomic E-state index is 0.0311. The summed E-state index contributed by atoms with van der Waals surface area (Å²) in [6.45, 7) is 0. The Hall–Kier alpha value is -2.80. The molecule has 29 heavy (non-hydrogen) atoms. The highest BCUT2D eigenvalue weighted by atomic mass is 35.5. The summed E-state index contributed by atoms with van der Waals surface area (Å²) in [5.41, 5.74) is 1.96. The molecular formula is C21H15Cl2N3O2S. The average Bonchev–Trinajstić information content (AvgIpc) is 3.19. The Labute approximate surface area is 178 Å². The van der Waals surface area contributed by atoms with Crippen molar-refractivity contribution in [3.63, 3.8) is 0 Å². The lowest BCUT2D eigenvalue weighted by atomic mass is 10.2. The number of sulfonamides is 1. The van der Waals surface area contributed by atoms with Gasteiger partial charge < -0.3 is 0 Å². The van der Waals surface area contributed by atoms with Gasteiger partial charge in [0.25, 0.3) is 10.0 Å². The van der Waals surface area contributed by atoms with Crippen LogP contribution >= 0.6 is 23.2 Å². The molecule has 5 nitrogen and oxygen atoms in total. The third kappa shape index (κ3) is 4.15. The van der Waals surface area contributed by atoms with E-state index in [2.05, 4.69) is 9.82 Å². The molecule has 3 aromatic carbocycles. The molecule has 0 saturated heterocycles. The largest absolute Gasteiger partial charge is 0.278 e. The molecule has 146 valence electrons. The van der Waals surface area contributed by atoms with Crippen molar-refractivity contribution in [2.45, 2.75) is 4.90 Å². The predicted molar refractivity (Wildman–Crippen MR) is 116 cm³/mol. The number of nitrogens with one attached hydrogen (secondary N) is 1. The standard InChI is InChI=1S/C21H15Cl2N3O2S/c22-16-11-12-18(23)19(13-16)25-29(27,28)20-14-26(17-9-5-2-6-10-17)24-21(20)15-7-3-1-4-8-15/h1-14,25H. The number of rotatable bonds is 5. The Kier molecular flexibility index (Phi) is 5.32. The molecule has 1 aromatic heterocycles. The summed E-state index contributed by atoms with van der Waals surface area (Å²) in [7, 11) is -3.99. The second-order valence-corrected chi connectivity index (χ2v) is 8.71. The smallest absolute Gasteiger partial charge is 0.265 e. The molecule has 1 N–H and O–H groups in total. The van der Waals surface area contributed by atoms with E-state index in [0.29, 0.717) is 16.3 Å². The first-order valence-electron chi connectivity index (χ1n) is 8.62. The lowest BCUT2D eigenvalue weighted by Crippen LogP contribution is -2.13. The lowest BCUT2D eigenvalue weighted by Gasteiger charge is -2.10. The Morgan fingerprint density at radius 2 is 1.52 bits per heavy atom. The number of hydrogen-bond donors (Lipinski definition) is 1. The van der Waals surface area contributed by atoms with Gasteiger partial charge in [-0.2, -0.15) is 5.10 Å². The Balaban J connectivity index is 1.85. The maximum atomic E-state index is 13.2. The summed E-state index contributed by atoms with van der Waals surface area (Å²) < 4.78 is 30.5. The number of anilines is 1. The number of aromatic nitrogens is 2. The van der Waals surface area contributed by atoms with Crippen LogP contribution in [0.3, 0.4) is 0 Å². The minimum Gasteiger partial charge on any atom is -0.278 e. The molecule has 0 amide bonds. The molecule has 4 aromatic rings. The van der Waals surface area contributed by atoms with Crippen molar-refractivity contribution in [3.05, 3.63) is 95.1 Å². The molecule has 0 aliphatic rings. The van der Waals surface area contributed by atoms with Gasteiger partial charge in [-0.1, -0.05) is 71.7 Å². The SMILES string of the molecule is O=S(=O)(Nc1cc(Cl)ccc1Cl)c1cn(-c2ccccc2)nc1-c1ccccc1. The molecule has 0 fully saturated rings. The normalized spacial score (nSPS) is 11.4. The van der Waals surface area contributed by atoms with E-state index < -0.39 is 10.0 Å². The zero-order valence-corrected chi connectivity index (χ0v) is 17.3. The van der Waals surface area contributed by atoms with Crippen molar-refractivity contribution >= 4 is 38.9 Å². The highest BCUT2D eigenvalue weighted by Crippen LogP contribution is 2.31. The van der Waals surface area contributed by atoms with Crippen LogP contribution in [0.4, 0.5) is 5.69 Å². The summed E-state index contributed by atoms with van der Waals surface area (Å²) in [6, 6.07) is 23.0. The first-order valence-corrected chi connectivity index (χ1v) is 10.9. The van der Waals surface area contributed by atoms with Gasteiger partial charge in [0.2, 0.25) is 0 Å². The van der Waals surface area contributed by atoms with E-state index in [4.69, 9.17) is 23.2 Å². The zero-order valence-electron chi connectivity index (χ0n) is 15.0. The second kappa shape index (κ2) is 7.91. The highest BCUT2D eigenvalue weighted by molar-refractivity contribution is 7.92. The van der Waals surface area contributed by atoms with Gasteiger partial charge in [0.05, 0.1) is 22.6 Å². The summed E-state index contributed by atoms with van der Waals surface area (Å²) in [5.74, 6) is 0. The molecule has 4 rings (SSSR count). The summed E-state index contributed by atoms with van der Waals surface area (Å²) in [5, 5.41) is 5.15. The van der Waals surface area contributed by atoms with Crippen molar-refractivity contribution in [1.29, 1.82) is 0 Å². The number of nitrogens with zero attached hydrogens (tertiary/aromatic N) is 2. The summed E-state index contributed by atoms with van der Waals surface area (Å²) in [4.78, 5) is 0.0311. The van der Waals surface area contributed by atoms with Crippen LogP contribution in [-0.2, 0) is 10.0 Å². The van der Waals surface area contributed by atoms with Gasteiger partial charge in [-0.3, -0.25) is 4.72 Å². The summed E-state index contributed by atoms with van der Waals surface area (Å²) in [6.07, 6.45) is 1.48. The summed E-state index contributed by atoms with van der Waals surface area (Å²) >= 11 is 12.1. The van der Waals surface area contributed by atoms with Gasteiger partial charge in [-0.25, -0.2) is 13.1 Å². The third-order valence-electron chi connectivity index (χ3n) is 4.21. The molecule has 8 heteroatoms. The predicted octanol–water partition coefficient (Wildman–Crippen LogP) is 5.65. The van der Waals surface area contributed by atoms with Crippen LogP contribution in [0, 0.1) is 0 Å². The van der Waals surface area contributed by atoms with Gasteiger partial charge >= 0.3 is 0 Å². The van der Waals surface area contributed by atoms with Crippen molar-refractivity contribution in [3.8, 4) is 16.9 Å². The first kappa shape index (κ1) is 19.5. The van der Waals surface area contributed by atoms with Gasteiger partial charge in [-0.15, -0.1) is 0 Å². The fraction of sp³-hybridized carbons (Fsp3) is 0. The van der Waals surface area contributed by atoms with Crippen molar-refractivity contribution in [1.82, 2.24) is 9.78 Å². The molecule has 1 heterocycles. The number of hydrogen-bond acceptors (Lipinski definition) is 3. The number of benzene rings is 3. The fourth-order valence-electron chi connectivity index (χ4n) is 2.84. The van der Waals surface area contributed by atoms with Crippen molar-refractivity contribution in [2.75, 3.05) is 4.72 Å². The van der Waals surface area contributed by atoms with E-state index in [1.54, 1.807) is 6.07 Å². The molecule has 0 unspecified atom stereocenters. The Morgan fingerprint density at radius 1 is 0.862 bits per heavy atom. The van der Waals surface area contributed by atoms with E-state index in [1.807, 2.05) is 60.7 Å². The van der Waals surface area contributed by atoms with Gasteiger partial charge in [-0.05, 0) is 30.3 Å². The van der Waals surface area contributed by atoms with Gasteiger partial charge in [0.1, 0.15) is 10.6 Å². The van der Waals surface area contributed by atoms with E-state index in [0.717, 1.165) is 5.69 Å². The second-order valence-electron chi connectivity index (χ2n) is 6.22. The minimum atomic E-state index is -3.99. The van der Waals surface area contributed by atoms with Crippen LogP contribution < -0.4 is 4.72 Å². The van der Waals surface area contributed by atoms with Crippen LogP contribution in [0.5, 0.6) is 0 Å². The van der Waals surface area contributed by atoms with E-state index in [-0.39, 0.29) is 15.6 Å². The molecule has 0 spiro atoms. The molecule has 0 aliphatic heterocycles. The molecule has 0 radical (unpaired) electrons. The third-order valence-corrected chi connectivity index (χ3v) is 6.14. The molecule has 0 aliphatic carbocycles. The quantitative estimate of drug-likeness (QED) is 0.433. The fourth-order valence-corrected chi connectivity index (χ4v) is 4.45. The van der Waals surface area contributed by atoms with E-state index >= 15 is 0 Å². The number of para-hydroxylation sites is 1. The lowest BCUT2D eigenvalue weighted by molar-refractivity contribution is 0.601. The van der Waals surface area contributed by atoms with Crippen LogP contribution in [-0.4, -0.2) is 18.2 Å².